The summed E-state index contributed by atoms with van der Waals surface area (Å²) in [5, 5.41) is 3.31. The van der Waals surface area contributed by atoms with Crippen molar-refractivity contribution in [3.05, 3.63) is 52.8 Å². The summed E-state index contributed by atoms with van der Waals surface area (Å²) in [6.45, 7) is 4.58. The molecule has 0 spiro atoms. The summed E-state index contributed by atoms with van der Waals surface area (Å²) in [5.74, 6) is 0.0832. The van der Waals surface area contributed by atoms with Gasteiger partial charge in [-0.25, -0.2) is 15.0 Å². The topological polar surface area (TPSA) is 128 Å². The van der Waals surface area contributed by atoms with E-state index in [1.807, 2.05) is 18.7 Å². The predicted molar refractivity (Wildman–Crippen MR) is 145 cm³/mol. The number of nitrogens with two attached hydrogens (primary N) is 1. The molecule has 2 saturated heterocycles. The van der Waals surface area contributed by atoms with Gasteiger partial charge in [0.2, 0.25) is 11.9 Å². The monoisotopic (exact) mass is 549 g/mol. The highest BCUT2D eigenvalue weighted by molar-refractivity contribution is 7.15. The molecule has 2 unspecified atom stereocenters. The second-order valence-corrected chi connectivity index (χ2v) is 11.1. The van der Waals surface area contributed by atoms with E-state index < -0.39 is 5.95 Å². The van der Waals surface area contributed by atoms with Gasteiger partial charge in [-0.05, 0) is 51.3 Å². The normalized spacial score (nSPS) is 18.9. The standard InChI is InChI=1S/C27H28FN7O3S/c1-3-38-19-10-15(26(37)33-27-31-11-14(2)39-27)5-8-18(19)22-23-24(29)30-12-20(28)35(23)25(32-22)16-4-6-17-7-9-21(36)34(17)13-16/h5,8,10-12,16-17H,3-4,6-7,9,13H2,1-2H3,(H2,29,30)(H,31,33,37). The van der Waals surface area contributed by atoms with E-state index in [2.05, 4.69) is 15.3 Å². The number of nitrogens with one attached hydrogen (secondary N) is 1. The number of halogens is 1. The molecule has 4 aromatic rings. The van der Waals surface area contributed by atoms with Crippen LogP contribution in [0.3, 0.4) is 0 Å². The van der Waals surface area contributed by atoms with Gasteiger partial charge in [-0.3, -0.25) is 19.3 Å². The number of imidazole rings is 1. The first kappa shape index (κ1) is 25.2. The molecule has 1 aromatic carbocycles. The number of fused-ring (bicyclic) bond motifs is 2. The van der Waals surface area contributed by atoms with Crippen LogP contribution in [0.4, 0.5) is 15.3 Å². The zero-order valence-corrected chi connectivity index (χ0v) is 22.4. The van der Waals surface area contributed by atoms with Crippen molar-refractivity contribution in [1.29, 1.82) is 0 Å². The van der Waals surface area contributed by atoms with E-state index in [0.29, 0.717) is 58.6 Å². The molecule has 6 rings (SSSR count). The Morgan fingerprint density at radius 2 is 2.10 bits per heavy atom. The number of benzene rings is 1. The molecule has 2 fully saturated rings. The van der Waals surface area contributed by atoms with E-state index >= 15 is 4.39 Å². The lowest BCUT2D eigenvalue weighted by Crippen LogP contribution is -2.41. The highest BCUT2D eigenvalue weighted by Crippen LogP contribution is 2.40. The molecule has 3 aromatic heterocycles. The fourth-order valence-corrected chi connectivity index (χ4v) is 6.25. The number of aromatic nitrogens is 4. The van der Waals surface area contributed by atoms with Gasteiger partial charge in [0.15, 0.2) is 5.13 Å². The number of ether oxygens (including phenoxy) is 1. The van der Waals surface area contributed by atoms with Crippen molar-refractivity contribution in [2.75, 3.05) is 24.2 Å². The Labute approximate surface area is 228 Å². The molecule has 2 aliphatic rings. The maximum absolute atomic E-state index is 15.3. The SMILES string of the molecule is CCOc1cc(C(=O)Nc2ncc(C)s2)ccc1-c1nc(C2CCC3CCC(=O)N3C2)n2c(F)cnc(N)c12. The van der Waals surface area contributed by atoms with Crippen LogP contribution in [-0.2, 0) is 4.79 Å². The van der Waals surface area contributed by atoms with Gasteiger partial charge >= 0.3 is 0 Å². The van der Waals surface area contributed by atoms with Crippen molar-refractivity contribution >= 4 is 39.6 Å². The number of nitrogens with zero attached hydrogens (tertiary/aromatic N) is 5. The summed E-state index contributed by atoms with van der Waals surface area (Å²) < 4.78 is 22.7. The zero-order valence-electron chi connectivity index (χ0n) is 21.6. The minimum Gasteiger partial charge on any atom is -0.493 e. The Bertz CT molecular complexity index is 1600. The number of aryl methyl sites for hydroxylation is 1. The average molecular weight is 550 g/mol. The second-order valence-electron chi connectivity index (χ2n) is 9.86. The second kappa shape index (κ2) is 9.92. The van der Waals surface area contributed by atoms with Gasteiger partial charge in [0, 0.05) is 47.1 Å². The highest BCUT2D eigenvalue weighted by Gasteiger charge is 2.39. The number of nitrogen functional groups attached to an aromatic ring is 1. The third-order valence-electron chi connectivity index (χ3n) is 7.39. The summed E-state index contributed by atoms with van der Waals surface area (Å²) in [4.78, 5) is 41.4. The first-order valence-electron chi connectivity index (χ1n) is 13.0. The Hall–Kier alpha value is -4.06. The van der Waals surface area contributed by atoms with Gasteiger partial charge in [-0.1, -0.05) is 0 Å². The van der Waals surface area contributed by atoms with Crippen LogP contribution in [0.15, 0.2) is 30.6 Å². The minimum atomic E-state index is -0.587. The fourth-order valence-electron chi connectivity index (χ4n) is 5.59. The van der Waals surface area contributed by atoms with Gasteiger partial charge < -0.3 is 15.4 Å². The molecular weight excluding hydrogens is 521 g/mol. The van der Waals surface area contributed by atoms with Crippen LogP contribution in [0.5, 0.6) is 5.75 Å². The van der Waals surface area contributed by atoms with E-state index in [4.69, 9.17) is 15.5 Å². The van der Waals surface area contributed by atoms with Crippen molar-refractivity contribution in [2.45, 2.75) is 51.5 Å². The summed E-state index contributed by atoms with van der Waals surface area (Å²) in [6, 6.07) is 5.27. The fraction of sp³-hybridized carbons (Fsp3) is 0.370. The Morgan fingerprint density at radius 3 is 2.87 bits per heavy atom. The lowest BCUT2D eigenvalue weighted by atomic mass is 9.92. The van der Waals surface area contributed by atoms with Gasteiger partial charge in [0.05, 0.1) is 12.8 Å². The molecule has 10 nitrogen and oxygen atoms in total. The highest BCUT2D eigenvalue weighted by atomic mass is 32.1. The molecule has 0 radical (unpaired) electrons. The molecule has 2 aliphatic heterocycles. The number of anilines is 2. The number of rotatable bonds is 6. The van der Waals surface area contributed by atoms with Crippen molar-refractivity contribution in [3.63, 3.8) is 0 Å². The van der Waals surface area contributed by atoms with Gasteiger partial charge in [0.25, 0.3) is 5.91 Å². The molecule has 0 bridgehead atoms. The van der Waals surface area contributed by atoms with Crippen LogP contribution >= 0.6 is 11.3 Å². The number of hydrogen-bond acceptors (Lipinski definition) is 8. The maximum Gasteiger partial charge on any atom is 0.257 e. The smallest absolute Gasteiger partial charge is 0.257 e. The summed E-state index contributed by atoms with van der Waals surface area (Å²) in [5.41, 5.74) is 7.97. The lowest BCUT2D eigenvalue weighted by molar-refractivity contribution is -0.130. The third-order valence-corrected chi connectivity index (χ3v) is 8.22. The summed E-state index contributed by atoms with van der Waals surface area (Å²) >= 11 is 1.38. The minimum absolute atomic E-state index is 0.125. The van der Waals surface area contributed by atoms with Gasteiger partial charge in [-0.2, -0.15) is 4.39 Å². The van der Waals surface area contributed by atoms with Crippen LogP contribution in [0.2, 0.25) is 0 Å². The van der Waals surface area contributed by atoms with Crippen LogP contribution in [-0.4, -0.2) is 55.3 Å². The summed E-state index contributed by atoms with van der Waals surface area (Å²) in [7, 11) is 0. The molecular formula is C27H28FN7O3S. The maximum atomic E-state index is 15.3. The Kier molecular flexibility index (Phi) is 6.42. The van der Waals surface area contributed by atoms with E-state index in [0.717, 1.165) is 30.3 Å². The number of carbonyl (C=O) groups is 2. The largest absolute Gasteiger partial charge is 0.493 e. The van der Waals surface area contributed by atoms with Crippen LogP contribution in [0, 0.1) is 12.9 Å². The molecule has 2 atom stereocenters. The number of carbonyl (C=O) groups excluding carboxylic acids is 2. The molecule has 202 valence electrons. The molecule has 3 N–H and O–H groups in total. The van der Waals surface area contributed by atoms with E-state index in [1.165, 1.54) is 15.7 Å². The van der Waals surface area contributed by atoms with Crippen molar-refractivity contribution in [1.82, 2.24) is 24.3 Å². The number of amides is 2. The number of piperidine rings is 1. The quantitative estimate of drug-likeness (QED) is 0.365. The third kappa shape index (κ3) is 4.48. The number of thiazole rings is 1. The van der Waals surface area contributed by atoms with E-state index in [9.17, 15) is 9.59 Å². The van der Waals surface area contributed by atoms with E-state index in [-0.39, 0.29) is 29.6 Å². The lowest BCUT2D eigenvalue weighted by Gasteiger charge is -2.34. The first-order valence-corrected chi connectivity index (χ1v) is 13.8. The molecule has 12 heteroatoms. The van der Waals surface area contributed by atoms with Crippen LogP contribution in [0.1, 0.15) is 59.6 Å². The number of hydrogen-bond donors (Lipinski definition) is 2. The molecule has 5 heterocycles. The van der Waals surface area contributed by atoms with Gasteiger partial charge in [0.1, 0.15) is 28.6 Å². The van der Waals surface area contributed by atoms with Crippen molar-refractivity contribution in [2.24, 2.45) is 0 Å². The molecule has 0 saturated carbocycles. The predicted octanol–water partition coefficient (Wildman–Crippen LogP) is 4.40. The van der Waals surface area contributed by atoms with Crippen LogP contribution in [0.25, 0.3) is 16.8 Å². The van der Waals surface area contributed by atoms with E-state index in [1.54, 1.807) is 24.4 Å². The Balaban J connectivity index is 1.43. The van der Waals surface area contributed by atoms with Crippen LogP contribution < -0.4 is 15.8 Å². The van der Waals surface area contributed by atoms with Crippen molar-refractivity contribution in [3.8, 4) is 17.0 Å². The summed E-state index contributed by atoms with van der Waals surface area (Å²) in [6.07, 6.45) is 5.82. The molecule has 0 aliphatic carbocycles. The van der Waals surface area contributed by atoms with Crippen molar-refractivity contribution < 1.29 is 18.7 Å². The Morgan fingerprint density at radius 1 is 1.26 bits per heavy atom. The molecule has 2 amide bonds. The molecule has 39 heavy (non-hydrogen) atoms. The average Bonchev–Trinajstić information content (AvgIpc) is 3.63. The zero-order chi connectivity index (χ0) is 27.3. The first-order chi connectivity index (χ1) is 18.8. The van der Waals surface area contributed by atoms with Gasteiger partial charge in [-0.15, -0.1) is 11.3 Å².